The van der Waals surface area contributed by atoms with E-state index in [1.165, 1.54) is 19.4 Å². The molecule has 0 aliphatic carbocycles. The van der Waals surface area contributed by atoms with Crippen LogP contribution in [0.15, 0.2) is 54.2 Å². The fourth-order valence-electron chi connectivity index (χ4n) is 2.07. The summed E-state index contributed by atoms with van der Waals surface area (Å²) in [7, 11) is 1.31. The average molecular weight is 404 g/mol. The number of halogens is 2. The zero-order valence-electron chi connectivity index (χ0n) is 14.3. The lowest BCUT2D eigenvalue weighted by Gasteiger charge is -2.07. The van der Waals surface area contributed by atoms with Crippen molar-refractivity contribution in [1.29, 1.82) is 5.26 Å². The molecule has 0 saturated carbocycles. The first-order valence-corrected chi connectivity index (χ1v) is 8.47. The van der Waals surface area contributed by atoms with E-state index in [2.05, 4.69) is 15.4 Å². The van der Waals surface area contributed by atoms with Crippen molar-refractivity contribution in [2.24, 2.45) is 0 Å². The number of benzene rings is 2. The Bertz CT molecular complexity index is 919. The van der Waals surface area contributed by atoms with Crippen LogP contribution in [0.2, 0.25) is 10.0 Å². The Morgan fingerprint density at radius 2 is 1.85 bits per heavy atom. The summed E-state index contributed by atoms with van der Waals surface area (Å²) in [4.78, 5) is 23.6. The fraction of sp³-hybridized carbons (Fsp3) is 0.105. The molecule has 0 radical (unpaired) electrons. The molecule has 0 saturated heterocycles. The second-order valence-electron chi connectivity index (χ2n) is 5.32. The van der Waals surface area contributed by atoms with Gasteiger partial charge in [0.15, 0.2) is 0 Å². The molecule has 2 aromatic carbocycles. The van der Waals surface area contributed by atoms with Gasteiger partial charge in [-0.2, -0.15) is 5.26 Å². The maximum absolute atomic E-state index is 12.2. The molecule has 0 aliphatic heterocycles. The summed E-state index contributed by atoms with van der Waals surface area (Å²) in [5.74, 6) is -0.996. The third-order valence-corrected chi connectivity index (χ3v) is 4.21. The molecule has 0 aliphatic rings. The van der Waals surface area contributed by atoms with Crippen LogP contribution in [0.5, 0.6) is 0 Å². The second-order valence-corrected chi connectivity index (χ2v) is 6.14. The fourth-order valence-corrected chi connectivity index (χ4v) is 2.37. The second kappa shape index (κ2) is 9.62. The maximum Gasteiger partial charge on any atom is 0.337 e. The topological polar surface area (TPSA) is 91.2 Å². The van der Waals surface area contributed by atoms with Crippen LogP contribution in [-0.2, 0) is 16.1 Å². The number of esters is 1. The summed E-state index contributed by atoms with van der Waals surface area (Å²) in [6.07, 6.45) is 1.32. The number of hydrogen-bond donors (Lipinski definition) is 2. The summed E-state index contributed by atoms with van der Waals surface area (Å²) in [5.41, 5.74) is 1.62. The number of rotatable bonds is 6. The van der Waals surface area contributed by atoms with E-state index in [1.807, 2.05) is 6.07 Å². The van der Waals surface area contributed by atoms with E-state index in [9.17, 15) is 14.9 Å². The van der Waals surface area contributed by atoms with Crippen LogP contribution in [0.25, 0.3) is 0 Å². The van der Waals surface area contributed by atoms with Gasteiger partial charge in [-0.1, -0.05) is 35.3 Å². The first-order valence-electron chi connectivity index (χ1n) is 7.72. The van der Waals surface area contributed by atoms with Crippen molar-refractivity contribution in [2.75, 3.05) is 12.4 Å². The van der Waals surface area contributed by atoms with Gasteiger partial charge in [0, 0.05) is 18.4 Å². The van der Waals surface area contributed by atoms with Crippen LogP contribution >= 0.6 is 23.2 Å². The highest BCUT2D eigenvalue weighted by Crippen LogP contribution is 2.25. The van der Waals surface area contributed by atoms with Crippen LogP contribution in [0.4, 0.5) is 5.69 Å². The Morgan fingerprint density at radius 1 is 1.15 bits per heavy atom. The standard InChI is InChI=1S/C19H15Cl2N3O3/c1-27-19(26)13-4-2-12(3-5-13)10-23-11-14(9-22)18(25)24-15-6-7-16(20)17(21)8-15/h2-8,11,23H,10H2,1H3,(H,24,25)/b14-11-. The van der Waals surface area contributed by atoms with Crippen LogP contribution in [-0.4, -0.2) is 19.0 Å². The van der Waals surface area contributed by atoms with Crippen molar-refractivity contribution < 1.29 is 14.3 Å². The molecule has 0 fully saturated rings. The molecule has 138 valence electrons. The Hall–Kier alpha value is -3.01. The lowest BCUT2D eigenvalue weighted by atomic mass is 10.1. The van der Waals surface area contributed by atoms with Crippen molar-refractivity contribution in [3.8, 4) is 6.07 Å². The minimum atomic E-state index is -0.579. The smallest absolute Gasteiger partial charge is 0.337 e. The maximum atomic E-state index is 12.2. The molecule has 6 nitrogen and oxygen atoms in total. The quantitative estimate of drug-likeness (QED) is 0.433. The zero-order chi connectivity index (χ0) is 19.8. The van der Waals surface area contributed by atoms with E-state index in [4.69, 9.17) is 23.2 Å². The van der Waals surface area contributed by atoms with E-state index in [-0.39, 0.29) is 5.57 Å². The molecule has 27 heavy (non-hydrogen) atoms. The van der Waals surface area contributed by atoms with Crippen molar-refractivity contribution in [3.63, 3.8) is 0 Å². The Kier molecular flexibility index (Phi) is 7.24. The van der Waals surface area contributed by atoms with Crippen LogP contribution < -0.4 is 10.6 Å². The summed E-state index contributed by atoms with van der Waals surface area (Å²) in [5, 5.41) is 15.3. The molecular weight excluding hydrogens is 389 g/mol. The van der Waals surface area contributed by atoms with Gasteiger partial charge in [-0.05, 0) is 35.9 Å². The highest BCUT2D eigenvalue weighted by Gasteiger charge is 2.10. The van der Waals surface area contributed by atoms with Gasteiger partial charge in [0.05, 0.1) is 22.7 Å². The number of nitriles is 1. The molecule has 0 unspecified atom stereocenters. The van der Waals surface area contributed by atoms with Gasteiger partial charge in [-0.15, -0.1) is 0 Å². The molecule has 0 aromatic heterocycles. The number of amides is 1. The number of nitrogens with one attached hydrogen (secondary N) is 2. The van der Waals surface area contributed by atoms with Crippen molar-refractivity contribution in [1.82, 2.24) is 5.32 Å². The molecule has 2 aromatic rings. The Balaban J connectivity index is 1.97. The third-order valence-electron chi connectivity index (χ3n) is 3.47. The van der Waals surface area contributed by atoms with Crippen LogP contribution in [0, 0.1) is 11.3 Å². The monoisotopic (exact) mass is 403 g/mol. The summed E-state index contributed by atoms with van der Waals surface area (Å²) in [6, 6.07) is 13.2. The molecule has 0 atom stereocenters. The molecule has 8 heteroatoms. The minimum absolute atomic E-state index is 0.104. The first kappa shape index (κ1) is 20.3. The third kappa shape index (κ3) is 5.74. The lowest BCUT2D eigenvalue weighted by molar-refractivity contribution is -0.112. The Morgan fingerprint density at radius 3 is 2.44 bits per heavy atom. The van der Waals surface area contributed by atoms with Crippen molar-refractivity contribution in [2.45, 2.75) is 6.54 Å². The lowest BCUT2D eigenvalue weighted by Crippen LogP contribution is -2.16. The normalized spacial score (nSPS) is 10.7. The predicted octanol–water partition coefficient (Wildman–Crippen LogP) is 3.92. The SMILES string of the molecule is COC(=O)c1ccc(CN/C=C(/C#N)C(=O)Nc2ccc(Cl)c(Cl)c2)cc1. The molecule has 2 N–H and O–H groups in total. The average Bonchev–Trinajstić information content (AvgIpc) is 2.68. The van der Waals surface area contributed by atoms with E-state index >= 15 is 0 Å². The highest BCUT2D eigenvalue weighted by molar-refractivity contribution is 6.42. The molecule has 0 heterocycles. The van der Waals surface area contributed by atoms with E-state index in [0.717, 1.165) is 5.56 Å². The van der Waals surface area contributed by atoms with E-state index in [1.54, 1.807) is 36.4 Å². The highest BCUT2D eigenvalue weighted by atomic mass is 35.5. The van der Waals surface area contributed by atoms with E-state index in [0.29, 0.717) is 27.8 Å². The van der Waals surface area contributed by atoms with Crippen LogP contribution in [0.1, 0.15) is 15.9 Å². The summed E-state index contributed by atoms with van der Waals surface area (Å²) < 4.78 is 4.63. The number of ether oxygens (including phenoxy) is 1. The number of anilines is 1. The summed E-state index contributed by atoms with van der Waals surface area (Å²) in [6.45, 7) is 0.368. The largest absolute Gasteiger partial charge is 0.465 e. The van der Waals surface area contributed by atoms with Crippen molar-refractivity contribution >= 4 is 40.8 Å². The molecule has 2 rings (SSSR count). The molecular formula is C19H15Cl2N3O3. The number of nitrogens with zero attached hydrogens (tertiary/aromatic N) is 1. The summed E-state index contributed by atoms with van der Waals surface area (Å²) >= 11 is 11.7. The molecule has 1 amide bonds. The first-order chi connectivity index (χ1) is 12.9. The van der Waals surface area contributed by atoms with Gasteiger partial charge in [0.1, 0.15) is 11.6 Å². The van der Waals surface area contributed by atoms with Gasteiger partial charge in [0.2, 0.25) is 0 Å². The number of carbonyl (C=O) groups excluding carboxylic acids is 2. The number of methoxy groups -OCH3 is 1. The van der Waals surface area contributed by atoms with Gasteiger partial charge < -0.3 is 15.4 Å². The molecule has 0 spiro atoms. The number of hydrogen-bond acceptors (Lipinski definition) is 5. The van der Waals surface area contributed by atoms with Gasteiger partial charge in [0.25, 0.3) is 5.91 Å². The minimum Gasteiger partial charge on any atom is -0.465 e. The number of carbonyl (C=O) groups is 2. The predicted molar refractivity (Wildman–Crippen MR) is 103 cm³/mol. The molecule has 0 bridgehead atoms. The van der Waals surface area contributed by atoms with E-state index < -0.39 is 11.9 Å². The zero-order valence-corrected chi connectivity index (χ0v) is 15.8. The van der Waals surface area contributed by atoms with Gasteiger partial charge >= 0.3 is 5.97 Å². The van der Waals surface area contributed by atoms with Gasteiger partial charge in [-0.3, -0.25) is 4.79 Å². The van der Waals surface area contributed by atoms with Gasteiger partial charge in [-0.25, -0.2) is 4.79 Å². The van der Waals surface area contributed by atoms with Crippen molar-refractivity contribution in [3.05, 3.63) is 75.4 Å². The Labute approximate surface area is 166 Å². The van der Waals surface area contributed by atoms with Crippen LogP contribution in [0.3, 0.4) is 0 Å².